The van der Waals surface area contributed by atoms with Crippen molar-refractivity contribution in [3.05, 3.63) is 65.7 Å². The first-order chi connectivity index (χ1) is 13.8. The Bertz CT molecular complexity index is 986. The summed E-state index contributed by atoms with van der Waals surface area (Å²) in [6.07, 6.45) is 7.57. The molecule has 0 bridgehead atoms. The highest BCUT2D eigenvalue weighted by Gasteiger charge is 2.19. The number of nitriles is 1. The van der Waals surface area contributed by atoms with Gasteiger partial charge in [0.2, 0.25) is 0 Å². The van der Waals surface area contributed by atoms with Gasteiger partial charge in [-0.1, -0.05) is 30.3 Å². The van der Waals surface area contributed by atoms with E-state index < -0.39 is 0 Å². The number of hydrogen-bond acceptors (Lipinski definition) is 5. The molecule has 28 heavy (non-hydrogen) atoms. The van der Waals surface area contributed by atoms with Crippen LogP contribution in [-0.4, -0.2) is 28.0 Å². The van der Waals surface area contributed by atoms with Gasteiger partial charge in [0.25, 0.3) is 0 Å². The van der Waals surface area contributed by atoms with Crippen molar-refractivity contribution >= 4 is 0 Å². The van der Waals surface area contributed by atoms with Crippen molar-refractivity contribution in [1.82, 2.24) is 14.8 Å². The zero-order valence-corrected chi connectivity index (χ0v) is 15.8. The first-order valence-corrected chi connectivity index (χ1v) is 9.45. The van der Waals surface area contributed by atoms with E-state index in [9.17, 15) is 5.26 Å². The van der Waals surface area contributed by atoms with Crippen molar-refractivity contribution in [3.8, 4) is 22.9 Å². The molecule has 6 heteroatoms. The van der Waals surface area contributed by atoms with E-state index in [0.717, 1.165) is 48.3 Å². The summed E-state index contributed by atoms with van der Waals surface area (Å²) in [5.41, 5.74) is 4.15. The van der Waals surface area contributed by atoms with Crippen molar-refractivity contribution in [1.29, 1.82) is 5.26 Å². The van der Waals surface area contributed by atoms with E-state index >= 15 is 0 Å². The van der Waals surface area contributed by atoms with E-state index in [0.29, 0.717) is 24.1 Å². The molecule has 0 atom stereocenters. The van der Waals surface area contributed by atoms with Crippen LogP contribution in [0.3, 0.4) is 0 Å². The Hall–Kier alpha value is -3.17. The Kier molecular flexibility index (Phi) is 5.36. The molecular weight excluding hydrogens is 352 g/mol. The second-order valence-corrected chi connectivity index (χ2v) is 6.91. The van der Waals surface area contributed by atoms with Crippen LogP contribution in [0.5, 0.6) is 5.75 Å². The van der Waals surface area contributed by atoms with Crippen molar-refractivity contribution in [2.24, 2.45) is 0 Å². The lowest BCUT2D eigenvalue weighted by atomic mass is 10.0. The molecule has 1 saturated heterocycles. The first kappa shape index (κ1) is 18.2. The van der Waals surface area contributed by atoms with Crippen molar-refractivity contribution in [3.63, 3.8) is 0 Å². The predicted octanol–water partition coefficient (Wildman–Crippen LogP) is 4.06. The number of hydrogen-bond donors (Lipinski definition) is 0. The van der Waals surface area contributed by atoms with Crippen LogP contribution >= 0.6 is 0 Å². The molecule has 3 heterocycles. The van der Waals surface area contributed by atoms with Crippen LogP contribution in [0.25, 0.3) is 11.1 Å². The second-order valence-electron chi connectivity index (χ2n) is 6.91. The number of aromatic nitrogens is 3. The average Bonchev–Trinajstić information content (AvgIpc) is 3.24. The Morgan fingerprint density at radius 3 is 2.75 bits per heavy atom. The molecule has 1 aromatic carbocycles. The Morgan fingerprint density at radius 1 is 1.21 bits per heavy atom. The topological polar surface area (TPSA) is 73.0 Å². The maximum absolute atomic E-state index is 9.46. The van der Waals surface area contributed by atoms with Gasteiger partial charge < -0.3 is 9.47 Å². The van der Waals surface area contributed by atoms with Gasteiger partial charge in [-0.15, -0.1) is 0 Å². The number of nitrogens with zero attached hydrogens (tertiary/aromatic N) is 4. The molecule has 3 aromatic rings. The molecule has 0 spiro atoms. The molecule has 2 aromatic heterocycles. The van der Waals surface area contributed by atoms with Gasteiger partial charge in [-0.25, -0.2) is 4.98 Å². The molecule has 0 amide bonds. The van der Waals surface area contributed by atoms with Gasteiger partial charge in [0.15, 0.2) is 11.4 Å². The van der Waals surface area contributed by atoms with Gasteiger partial charge in [-0.05, 0) is 25.3 Å². The van der Waals surface area contributed by atoms with E-state index in [1.807, 2.05) is 54.3 Å². The fourth-order valence-corrected chi connectivity index (χ4v) is 3.49. The van der Waals surface area contributed by atoms with Crippen molar-refractivity contribution < 1.29 is 9.47 Å². The van der Waals surface area contributed by atoms with Crippen LogP contribution in [0.15, 0.2) is 48.9 Å². The molecule has 0 saturated carbocycles. The van der Waals surface area contributed by atoms with Crippen molar-refractivity contribution in [2.75, 3.05) is 13.2 Å². The summed E-state index contributed by atoms with van der Waals surface area (Å²) in [7, 11) is 0. The van der Waals surface area contributed by atoms with Crippen LogP contribution in [0, 0.1) is 18.3 Å². The maximum Gasteiger partial charge on any atom is 0.182 e. The summed E-state index contributed by atoms with van der Waals surface area (Å²) in [5.74, 6) is 0.530. The van der Waals surface area contributed by atoms with E-state index in [2.05, 4.69) is 16.2 Å². The lowest BCUT2D eigenvalue weighted by molar-refractivity contribution is 0.0662. The van der Waals surface area contributed by atoms with Gasteiger partial charge in [0, 0.05) is 42.3 Å². The molecule has 0 aliphatic carbocycles. The molecule has 1 aliphatic rings. The molecule has 0 unspecified atom stereocenters. The number of benzene rings is 1. The third-order valence-electron chi connectivity index (χ3n) is 5.09. The minimum absolute atomic E-state index is 0.300. The largest absolute Gasteiger partial charge is 0.486 e. The molecule has 1 aliphatic heterocycles. The summed E-state index contributed by atoms with van der Waals surface area (Å²) in [5, 5.41) is 14.0. The lowest BCUT2D eigenvalue weighted by Gasteiger charge is -2.22. The Labute approximate surface area is 164 Å². The minimum atomic E-state index is 0.300. The Balaban J connectivity index is 1.61. The third-order valence-corrected chi connectivity index (χ3v) is 5.09. The zero-order valence-electron chi connectivity index (χ0n) is 15.8. The summed E-state index contributed by atoms with van der Waals surface area (Å²) >= 11 is 0. The fraction of sp³-hybridized carbons (Fsp3) is 0.318. The van der Waals surface area contributed by atoms with Crippen LogP contribution in [-0.2, 0) is 11.3 Å². The molecular formula is C22H22N4O2. The molecule has 1 fully saturated rings. The highest BCUT2D eigenvalue weighted by Crippen LogP contribution is 2.33. The summed E-state index contributed by atoms with van der Waals surface area (Å²) < 4.78 is 13.5. The van der Waals surface area contributed by atoms with Gasteiger partial charge in [0.1, 0.15) is 12.7 Å². The number of pyridine rings is 1. The van der Waals surface area contributed by atoms with Gasteiger partial charge >= 0.3 is 0 Å². The van der Waals surface area contributed by atoms with E-state index in [1.54, 1.807) is 6.20 Å². The second kappa shape index (κ2) is 8.24. The molecule has 4 rings (SSSR count). The predicted molar refractivity (Wildman–Crippen MR) is 105 cm³/mol. The van der Waals surface area contributed by atoms with E-state index in [1.165, 1.54) is 0 Å². The first-order valence-electron chi connectivity index (χ1n) is 9.45. The van der Waals surface area contributed by atoms with Gasteiger partial charge in [0.05, 0.1) is 12.2 Å². The highest BCUT2D eigenvalue weighted by molar-refractivity contribution is 5.69. The third kappa shape index (κ3) is 3.75. The lowest BCUT2D eigenvalue weighted by Crippen LogP contribution is -2.19. The summed E-state index contributed by atoms with van der Waals surface area (Å²) in [6.45, 7) is 3.90. The van der Waals surface area contributed by atoms with Crippen LogP contribution < -0.4 is 4.74 Å². The van der Waals surface area contributed by atoms with E-state index in [-0.39, 0.29) is 0 Å². The maximum atomic E-state index is 9.46. The molecule has 142 valence electrons. The summed E-state index contributed by atoms with van der Waals surface area (Å²) in [4.78, 5) is 4.33. The summed E-state index contributed by atoms with van der Waals surface area (Å²) in [6, 6.07) is 12.4. The standard InChI is InChI=1S/C22H22N4O2/c1-16-20(18-12-25-26(14-18)19-7-9-27-10-8-19)13-24-21(11-23)22(16)28-15-17-5-3-2-4-6-17/h2-6,12-14,19H,7-10,15H2,1H3. The molecule has 0 N–H and O–H groups in total. The zero-order chi connectivity index (χ0) is 19.3. The quantitative estimate of drug-likeness (QED) is 0.673. The highest BCUT2D eigenvalue weighted by atomic mass is 16.5. The number of rotatable bonds is 5. The van der Waals surface area contributed by atoms with Crippen molar-refractivity contribution in [2.45, 2.75) is 32.4 Å². The van der Waals surface area contributed by atoms with Crippen LogP contribution in [0.1, 0.15) is 35.7 Å². The van der Waals surface area contributed by atoms with Crippen LogP contribution in [0.2, 0.25) is 0 Å². The van der Waals surface area contributed by atoms with E-state index in [4.69, 9.17) is 9.47 Å². The monoisotopic (exact) mass is 374 g/mol. The molecule has 0 radical (unpaired) electrons. The van der Waals surface area contributed by atoms with Gasteiger partial charge in [-0.2, -0.15) is 10.4 Å². The average molecular weight is 374 g/mol. The fourth-order valence-electron chi connectivity index (χ4n) is 3.49. The SMILES string of the molecule is Cc1c(-c2cnn(C3CCOCC3)c2)cnc(C#N)c1OCc1ccccc1. The minimum Gasteiger partial charge on any atom is -0.486 e. The smallest absolute Gasteiger partial charge is 0.182 e. The van der Waals surface area contributed by atoms with Crippen LogP contribution in [0.4, 0.5) is 0 Å². The molecule has 6 nitrogen and oxygen atoms in total. The van der Waals surface area contributed by atoms with Gasteiger partial charge in [-0.3, -0.25) is 4.68 Å². The Morgan fingerprint density at radius 2 is 2.00 bits per heavy atom. The number of ether oxygens (including phenoxy) is 2. The normalized spacial score (nSPS) is 14.6.